The molecule has 8 heterocycles. The molecule has 5 N–H and O–H groups in total. The lowest BCUT2D eigenvalue weighted by molar-refractivity contribution is -0.0570. The highest BCUT2D eigenvalue weighted by Gasteiger charge is 2.64. The number of aliphatic hydroxyl groups excluding tert-OH is 1. The Labute approximate surface area is 472 Å². The van der Waals surface area contributed by atoms with Crippen LogP contribution in [0, 0.1) is 0 Å². The lowest BCUT2D eigenvalue weighted by Gasteiger charge is -2.52. The van der Waals surface area contributed by atoms with Gasteiger partial charge in [-0.3, -0.25) is 9.13 Å². The summed E-state index contributed by atoms with van der Waals surface area (Å²) in [5, 5.41) is 11.5. The number of hydrogen-bond donors (Lipinski definition) is 3. The number of hydrogen-bond acceptors (Lipinski definition) is 18. The molecule has 0 spiro atoms. The molecule has 4 saturated heterocycles. The molecule has 0 radical (unpaired) electrons. The van der Waals surface area contributed by atoms with Crippen molar-refractivity contribution >= 4 is 99.7 Å². The van der Waals surface area contributed by atoms with Crippen LogP contribution in [0.15, 0.2) is 12.7 Å². The average molecular weight is 1200 g/mol. The number of halogens is 2. The Hall–Kier alpha value is -2.04. The van der Waals surface area contributed by atoms with Gasteiger partial charge in [-0.25, -0.2) is 9.97 Å². The number of nitrogen functional groups attached to an aromatic ring is 2. The molecule has 0 bridgehead atoms. The van der Waals surface area contributed by atoms with Crippen LogP contribution in [0.4, 0.5) is 11.6 Å². The minimum absolute atomic E-state index is 0.000994. The largest absolute Gasteiger partial charge is 0.414 e. The van der Waals surface area contributed by atoms with E-state index in [-0.39, 0.29) is 84.3 Å². The zero-order chi connectivity index (χ0) is 57.4. The fraction of sp³-hybridized carbons (Fsp3) is 0.800. The molecule has 0 aliphatic carbocycles. The lowest BCUT2D eigenvalue weighted by atomic mass is 10.1. The van der Waals surface area contributed by atoms with Crippen molar-refractivity contribution in [3.8, 4) is 0 Å². The fourth-order valence-corrected chi connectivity index (χ4v) is 35.6. The van der Waals surface area contributed by atoms with E-state index in [0.29, 0.717) is 28.9 Å². The number of ether oxygens (including phenoxy) is 2. The number of nitrogens with two attached hydrogens (primary N) is 2. The summed E-state index contributed by atoms with van der Waals surface area (Å²) in [5.74, 6) is 0.388. The van der Waals surface area contributed by atoms with Crippen LogP contribution in [0.25, 0.3) is 22.3 Å². The molecule has 0 saturated carbocycles. The highest BCUT2D eigenvalue weighted by molar-refractivity contribution is 6.84. The summed E-state index contributed by atoms with van der Waals surface area (Å²) in [6.45, 7) is 46.9. The van der Waals surface area contributed by atoms with E-state index < -0.39 is 85.5 Å². The van der Waals surface area contributed by atoms with Crippen molar-refractivity contribution in [1.82, 2.24) is 39.0 Å². The van der Waals surface area contributed by atoms with Crippen molar-refractivity contribution < 1.29 is 44.9 Å². The molecule has 4 aromatic heterocycles. The van der Waals surface area contributed by atoms with Gasteiger partial charge in [0.2, 0.25) is 10.6 Å². The van der Waals surface area contributed by atoms with Gasteiger partial charge in [0.25, 0.3) is 0 Å². The van der Waals surface area contributed by atoms with Crippen molar-refractivity contribution in [3.63, 3.8) is 0 Å². The van der Waals surface area contributed by atoms with E-state index >= 15 is 0 Å². The Morgan fingerprint density at radius 1 is 0.584 bits per heavy atom. The summed E-state index contributed by atoms with van der Waals surface area (Å²) in [6, 6.07) is 0. The third kappa shape index (κ3) is 11.3. The van der Waals surface area contributed by atoms with E-state index in [1.807, 2.05) is 4.57 Å². The number of rotatable bonds is 12. The van der Waals surface area contributed by atoms with Gasteiger partial charge in [0, 0.05) is 0 Å². The standard InChI is InChI=1S/C28H52ClN5O5Si3.C22H38ClN5O5Si2/c1-16(2)41(17(3)4)35-14-20-22(38-42(39-41,18(5)6)19(7)8)23(37-40(12,13)28(9,10)11)26(36-20)34-15-31-21-24(30)32-27(29)33-25(21)34;1-11(2)34(12(3)4)30-9-15-18(32-35(33-34,13(5)6)14(7)8)17(29)21(31-15)28-10-25-16-19(24)26-22(23)27-20(16)28/h15-20,22-23,26H,14H2,1-13H3,(H2,30,32,33);10-15,17-18,21,29H,9H2,1-8H3,(H2,24,26,27)/t20-,22-,23-,26-;15-,17-,18-,21-/m11/s1. The van der Waals surface area contributed by atoms with E-state index in [1.165, 1.54) is 6.33 Å². The van der Waals surface area contributed by atoms with Gasteiger partial charge in [0.15, 0.2) is 43.7 Å². The second kappa shape index (κ2) is 23.0. The minimum Gasteiger partial charge on any atom is -0.414 e. The number of fused-ring (bicyclic) bond motifs is 4. The number of imidazole rings is 2. The summed E-state index contributed by atoms with van der Waals surface area (Å²) in [6.07, 6.45) is -1.56. The number of aliphatic hydroxyl groups is 1. The van der Waals surface area contributed by atoms with Gasteiger partial charge in [-0.1, -0.05) is 132 Å². The highest BCUT2D eigenvalue weighted by Crippen LogP contribution is 2.52. The Kier molecular flexibility index (Phi) is 18.7. The summed E-state index contributed by atoms with van der Waals surface area (Å²) in [7, 11) is -13.6. The third-order valence-corrected chi connectivity index (χ3v) is 42.2. The molecule has 20 nitrogen and oxygen atoms in total. The first-order chi connectivity index (χ1) is 35.6. The summed E-state index contributed by atoms with van der Waals surface area (Å²) < 4.78 is 66.9. The van der Waals surface area contributed by atoms with Crippen LogP contribution in [-0.2, 0) is 39.8 Å². The van der Waals surface area contributed by atoms with Gasteiger partial charge in [-0.05, 0) is 85.7 Å². The molecule has 77 heavy (non-hydrogen) atoms. The molecular weight excluding hydrogens is 1110 g/mol. The summed E-state index contributed by atoms with van der Waals surface area (Å²) in [5.41, 5.74) is 15.5. The monoisotopic (exact) mass is 1200 g/mol. The summed E-state index contributed by atoms with van der Waals surface area (Å²) in [4.78, 5) is 25.7. The van der Waals surface area contributed by atoms with Crippen LogP contribution in [0.3, 0.4) is 0 Å². The van der Waals surface area contributed by atoms with Crippen LogP contribution in [-0.4, -0.2) is 137 Å². The van der Waals surface area contributed by atoms with Crippen molar-refractivity contribution in [2.75, 3.05) is 24.7 Å². The fourth-order valence-electron chi connectivity index (χ4n) is 11.6. The maximum atomic E-state index is 11.5. The molecule has 4 aliphatic rings. The molecule has 8 rings (SSSR count). The highest BCUT2D eigenvalue weighted by atomic mass is 35.5. The maximum Gasteiger partial charge on any atom is 0.335 e. The van der Waals surface area contributed by atoms with Gasteiger partial charge >= 0.3 is 34.2 Å². The Morgan fingerprint density at radius 2 is 0.935 bits per heavy atom. The van der Waals surface area contributed by atoms with Crippen molar-refractivity contribution in [1.29, 1.82) is 0 Å². The lowest BCUT2D eigenvalue weighted by Crippen LogP contribution is -2.66. The minimum atomic E-state index is -2.92. The van der Waals surface area contributed by atoms with Crippen molar-refractivity contribution in [2.24, 2.45) is 0 Å². The molecule has 0 unspecified atom stereocenters. The molecule has 4 aliphatic heterocycles. The van der Waals surface area contributed by atoms with Crippen LogP contribution < -0.4 is 11.5 Å². The van der Waals surface area contributed by atoms with Gasteiger partial charge in [-0.15, -0.1) is 0 Å². The molecule has 27 heteroatoms. The first-order valence-corrected chi connectivity index (χ1v) is 39.2. The zero-order valence-corrected chi connectivity index (χ0v) is 55.9. The molecule has 4 aromatic rings. The molecule has 4 fully saturated rings. The van der Waals surface area contributed by atoms with Crippen LogP contribution in [0.2, 0.25) is 73.0 Å². The van der Waals surface area contributed by atoms with E-state index in [2.05, 4.69) is 175 Å². The smallest absolute Gasteiger partial charge is 0.335 e. The maximum absolute atomic E-state index is 11.5. The van der Waals surface area contributed by atoms with Gasteiger partial charge in [-0.2, -0.15) is 19.9 Å². The second-order valence-electron chi connectivity index (χ2n) is 25.5. The van der Waals surface area contributed by atoms with Crippen molar-refractivity contribution in [3.05, 3.63) is 23.2 Å². The Balaban J connectivity index is 0.000000227. The predicted molar refractivity (Wildman–Crippen MR) is 313 cm³/mol. The van der Waals surface area contributed by atoms with Crippen LogP contribution in [0.5, 0.6) is 0 Å². The zero-order valence-electron chi connectivity index (χ0n) is 49.4. The summed E-state index contributed by atoms with van der Waals surface area (Å²) >= 11 is 12.3. The predicted octanol–water partition coefficient (Wildman–Crippen LogP) is 11.6. The van der Waals surface area contributed by atoms with E-state index in [4.69, 9.17) is 74.5 Å². The number of nitrogens with zero attached hydrogens (tertiary/aromatic N) is 8. The number of anilines is 2. The average Bonchev–Trinajstić information content (AvgIpc) is 4.06. The number of aromatic nitrogens is 8. The van der Waals surface area contributed by atoms with E-state index in [9.17, 15) is 5.11 Å². The van der Waals surface area contributed by atoms with E-state index in [1.54, 1.807) is 10.9 Å². The quantitative estimate of drug-likeness (QED) is 0.0882. The Morgan fingerprint density at radius 3 is 1.31 bits per heavy atom. The first kappa shape index (κ1) is 62.6. The van der Waals surface area contributed by atoms with Crippen LogP contribution >= 0.6 is 23.2 Å². The third-order valence-electron chi connectivity index (χ3n) is 16.9. The van der Waals surface area contributed by atoms with Gasteiger partial charge in [0.05, 0.1) is 25.9 Å². The topological polar surface area (TPSA) is 243 Å². The molecule has 434 valence electrons. The molecule has 0 aromatic carbocycles. The first-order valence-electron chi connectivity index (χ1n) is 27.6. The molecule has 0 amide bonds. The van der Waals surface area contributed by atoms with Crippen LogP contribution in [0.1, 0.15) is 144 Å². The van der Waals surface area contributed by atoms with Crippen molar-refractivity contribution in [2.45, 2.75) is 243 Å². The van der Waals surface area contributed by atoms with Gasteiger partial charge < -0.3 is 56.4 Å². The second-order valence-corrected chi connectivity index (χ2v) is 48.6. The Bertz CT molecular complexity index is 2660. The SMILES string of the molecule is CC(C)[Si]1(C(C)C)OC[C@H]2O[C@@H](n3cnc4c(N)nc(Cl)nc43)[C@H](O)[C@@H]2O[Si](C(C)C)(C(C)C)O1.CC(C)[Si]1(C(C)C)OC[C@H]2O[C@@H](n3cnc4c(N)nc(Cl)nc43)[C@H](O[Si](C)(C)C(C)(C)C)[C@@H]2O[Si](C(C)C)(C(C)C)O1. The van der Waals surface area contributed by atoms with E-state index in [0.717, 1.165) is 0 Å². The normalized spacial score (nSPS) is 27.7. The molecular formula is C50H90Cl2N10O10Si5. The van der Waals surface area contributed by atoms with Gasteiger partial charge in [0.1, 0.15) is 47.7 Å². The molecule has 8 atom stereocenters.